The number of carbonyl (C=O) groups is 1. The van der Waals surface area contributed by atoms with Crippen molar-refractivity contribution < 1.29 is 4.79 Å². The van der Waals surface area contributed by atoms with Gasteiger partial charge in [0.1, 0.15) is 0 Å². The molecule has 0 spiro atoms. The van der Waals surface area contributed by atoms with Gasteiger partial charge in [0.15, 0.2) is 0 Å². The molecule has 0 fully saturated rings. The lowest BCUT2D eigenvalue weighted by atomic mass is 10.2. The number of hydrogen-bond donors (Lipinski definition) is 0. The summed E-state index contributed by atoms with van der Waals surface area (Å²) in [5, 5.41) is 0. The maximum Gasteiger partial charge on any atom is 0.209 e. The van der Waals surface area contributed by atoms with Crippen LogP contribution in [-0.2, 0) is 11.3 Å². The van der Waals surface area contributed by atoms with Crippen molar-refractivity contribution in [2.45, 2.75) is 13.5 Å². The topological polar surface area (TPSA) is 23.6 Å². The predicted molar refractivity (Wildman–Crippen MR) is 66.1 cm³/mol. The maximum atomic E-state index is 10.6. The number of likely N-dealkylation sites (N-methyl/N-ethyl adjacent to an activating group) is 2. The summed E-state index contributed by atoms with van der Waals surface area (Å²) in [6, 6.07) is 10.4. The van der Waals surface area contributed by atoms with Gasteiger partial charge in [0, 0.05) is 26.2 Å². The maximum absolute atomic E-state index is 10.6. The summed E-state index contributed by atoms with van der Waals surface area (Å²) in [5.41, 5.74) is 1.30. The summed E-state index contributed by atoms with van der Waals surface area (Å²) in [5.74, 6) is 0. The van der Waals surface area contributed by atoms with Crippen LogP contribution in [0.5, 0.6) is 0 Å². The van der Waals surface area contributed by atoms with Crippen LogP contribution in [0.1, 0.15) is 12.5 Å². The lowest BCUT2D eigenvalue weighted by Gasteiger charge is -2.21. The third-order valence-corrected chi connectivity index (χ3v) is 2.62. The van der Waals surface area contributed by atoms with Crippen LogP contribution >= 0.6 is 0 Å². The smallest absolute Gasteiger partial charge is 0.209 e. The second-order valence-electron chi connectivity index (χ2n) is 3.96. The van der Waals surface area contributed by atoms with Crippen molar-refractivity contribution in [1.29, 1.82) is 0 Å². The minimum absolute atomic E-state index is 0.780. The van der Waals surface area contributed by atoms with Crippen LogP contribution in [0.2, 0.25) is 0 Å². The molecule has 0 unspecified atom stereocenters. The molecule has 0 heterocycles. The molecule has 0 aliphatic carbocycles. The molecule has 0 saturated heterocycles. The Labute approximate surface area is 97.7 Å². The van der Waals surface area contributed by atoms with Crippen molar-refractivity contribution in [3.63, 3.8) is 0 Å². The summed E-state index contributed by atoms with van der Waals surface area (Å²) in [6.45, 7) is 5.40. The molecule has 0 N–H and O–H groups in total. The Morgan fingerprint density at radius 1 is 1.19 bits per heavy atom. The minimum atomic E-state index is 0.780. The fraction of sp³-hybridized carbons (Fsp3) is 0.462. The van der Waals surface area contributed by atoms with Gasteiger partial charge in [0.05, 0.1) is 0 Å². The molecule has 88 valence electrons. The highest BCUT2D eigenvalue weighted by Gasteiger charge is 2.02. The van der Waals surface area contributed by atoms with Gasteiger partial charge in [-0.2, -0.15) is 0 Å². The van der Waals surface area contributed by atoms with Crippen molar-refractivity contribution in [2.24, 2.45) is 0 Å². The van der Waals surface area contributed by atoms with E-state index in [-0.39, 0.29) is 0 Å². The van der Waals surface area contributed by atoms with Gasteiger partial charge in [-0.05, 0) is 19.5 Å². The first-order valence-corrected chi connectivity index (χ1v) is 5.68. The second kappa shape index (κ2) is 7.01. The summed E-state index contributed by atoms with van der Waals surface area (Å²) >= 11 is 0. The normalized spacial score (nSPS) is 10.4. The molecule has 0 aliphatic heterocycles. The highest BCUT2D eigenvalue weighted by Crippen LogP contribution is 2.02. The molecule has 0 aliphatic rings. The van der Waals surface area contributed by atoms with E-state index in [0.29, 0.717) is 0 Å². The van der Waals surface area contributed by atoms with Gasteiger partial charge in [0.25, 0.3) is 0 Å². The third kappa shape index (κ3) is 4.45. The second-order valence-corrected chi connectivity index (χ2v) is 3.96. The van der Waals surface area contributed by atoms with Crippen molar-refractivity contribution in [1.82, 2.24) is 9.80 Å². The van der Waals surface area contributed by atoms with Gasteiger partial charge in [0.2, 0.25) is 6.41 Å². The monoisotopic (exact) mass is 220 g/mol. The molecule has 3 nitrogen and oxygen atoms in total. The highest BCUT2D eigenvalue weighted by atomic mass is 16.1. The summed E-state index contributed by atoms with van der Waals surface area (Å²) in [4.78, 5) is 14.6. The van der Waals surface area contributed by atoms with E-state index in [0.717, 1.165) is 32.6 Å². The zero-order valence-corrected chi connectivity index (χ0v) is 10.1. The van der Waals surface area contributed by atoms with Crippen molar-refractivity contribution >= 4 is 6.41 Å². The summed E-state index contributed by atoms with van der Waals surface area (Å²) < 4.78 is 0. The van der Waals surface area contributed by atoms with Gasteiger partial charge < -0.3 is 9.80 Å². The van der Waals surface area contributed by atoms with Crippen LogP contribution in [0.3, 0.4) is 0 Å². The highest BCUT2D eigenvalue weighted by molar-refractivity contribution is 5.46. The number of nitrogens with zero attached hydrogens (tertiary/aromatic N) is 2. The fourth-order valence-electron chi connectivity index (χ4n) is 1.56. The molecule has 1 aromatic rings. The van der Waals surface area contributed by atoms with Crippen molar-refractivity contribution in [3.8, 4) is 0 Å². The van der Waals surface area contributed by atoms with Crippen LogP contribution in [0.25, 0.3) is 0 Å². The molecule has 0 aromatic heterocycles. The predicted octanol–water partition coefficient (Wildman–Crippen LogP) is 1.60. The van der Waals surface area contributed by atoms with Crippen LogP contribution in [-0.4, -0.2) is 42.9 Å². The zero-order chi connectivity index (χ0) is 11.8. The number of hydrogen-bond acceptors (Lipinski definition) is 2. The molecule has 3 heteroatoms. The molecule has 0 bridgehead atoms. The van der Waals surface area contributed by atoms with Crippen LogP contribution in [0.4, 0.5) is 0 Å². The molecule has 1 amide bonds. The standard InChI is InChI=1S/C13H20N2O/c1-3-15(12-16)10-9-14(2)11-13-7-5-4-6-8-13/h4-8,12H,3,9-11H2,1-2H3. The van der Waals surface area contributed by atoms with Crippen molar-refractivity contribution in [3.05, 3.63) is 35.9 Å². The summed E-state index contributed by atoms with van der Waals surface area (Å²) in [6.07, 6.45) is 0.913. The number of amides is 1. The summed E-state index contributed by atoms with van der Waals surface area (Å²) in [7, 11) is 2.08. The lowest BCUT2D eigenvalue weighted by molar-refractivity contribution is -0.118. The van der Waals surface area contributed by atoms with E-state index in [1.165, 1.54) is 5.56 Å². The minimum Gasteiger partial charge on any atom is -0.344 e. The van der Waals surface area contributed by atoms with Gasteiger partial charge in [-0.3, -0.25) is 4.79 Å². The van der Waals surface area contributed by atoms with Gasteiger partial charge in [-0.1, -0.05) is 30.3 Å². The van der Waals surface area contributed by atoms with E-state index >= 15 is 0 Å². The lowest BCUT2D eigenvalue weighted by Crippen LogP contribution is -2.32. The molecule has 16 heavy (non-hydrogen) atoms. The molecule has 0 radical (unpaired) electrons. The van der Waals surface area contributed by atoms with E-state index in [4.69, 9.17) is 0 Å². The Morgan fingerprint density at radius 2 is 1.88 bits per heavy atom. The molecule has 0 atom stereocenters. The van der Waals surface area contributed by atoms with Gasteiger partial charge >= 0.3 is 0 Å². The quantitative estimate of drug-likeness (QED) is 0.652. The zero-order valence-electron chi connectivity index (χ0n) is 10.1. The Morgan fingerprint density at radius 3 is 2.44 bits per heavy atom. The van der Waals surface area contributed by atoms with Gasteiger partial charge in [-0.25, -0.2) is 0 Å². The van der Waals surface area contributed by atoms with E-state index in [1.807, 2.05) is 25.1 Å². The van der Waals surface area contributed by atoms with Crippen LogP contribution < -0.4 is 0 Å². The van der Waals surface area contributed by atoms with Gasteiger partial charge in [-0.15, -0.1) is 0 Å². The molecular weight excluding hydrogens is 200 g/mol. The third-order valence-electron chi connectivity index (χ3n) is 2.62. The Hall–Kier alpha value is -1.35. The van der Waals surface area contributed by atoms with E-state index < -0.39 is 0 Å². The number of carbonyl (C=O) groups excluding carboxylic acids is 1. The molecule has 1 aromatic carbocycles. The van der Waals surface area contributed by atoms with E-state index in [1.54, 1.807) is 4.90 Å². The average Bonchev–Trinajstić information content (AvgIpc) is 2.31. The van der Waals surface area contributed by atoms with Crippen LogP contribution in [0, 0.1) is 0 Å². The Bertz CT molecular complexity index is 300. The number of benzene rings is 1. The first-order chi connectivity index (χ1) is 7.76. The largest absolute Gasteiger partial charge is 0.344 e. The van der Waals surface area contributed by atoms with Crippen LogP contribution in [0.15, 0.2) is 30.3 Å². The fourth-order valence-corrected chi connectivity index (χ4v) is 1.56. The average molecular weight is 220 g/mol. The number of rotatable bonds is 7. The Kier molecular flexibility index (Phi) is 5.57. The van der Waals surface area contributed by atoms with E-state index in [2.05, 4.69) is 24.1 Å². The first kappa shape index (κ1) is 12.7. The molecule has 0 saturated carbocycles. The van der Waals surface area contributed by atoms with Crippen molar-refractivity contribution in [2.75, 3.05) is 26.7 Å². The molecular formula is C13H20N2O. The van der Waals surface area contributed by atoms with E-state index in [9.17, 15) is 4.79 Å². The molecule has 1 rings (SSSR count). The SMILES string of the molecule is CCN(C=O)CCN(C)Cc1ccccc1. The Balaban J connectivity index is 2.31. The first-order valence-electron chi connectivity index (χ1n) is 5.68.